The van der Waals surface area contributed by atoms with E-state index in [9.17, 15) is 19.8 Å². The molecule has 2 aromatic rings. The summed E-state index contributed by atoms with van der Waals surface area (Å²) in [7, 11) is 0. The Balaban J connectivity index is 1.65. The van der Waals surface area contributed by atoms with Crippen LogP contribution in [0.25, 0.3) is 10.4 Å². The molecule has 0 spiro atoms. The van der Waals surface area contributed by atoms with Gasteiger partial charge in [0.2, 0.25) is 15.8 Å². The fourth-order valence-corrected chi connectivity index (χ4v) is 7.29. The van der Waals surface area contributed by atoms with Gasteiger partial charge in [0.1, 0.15) is 6.20 Å². The van der Waals surface area contributed by atoms with Gasteiger partial charge in [-0.25, -0.2) is 4.57 Å². The summed E-state index contributed by atoms with van der Waals surface area (Å²) < 4.78 is 4.29. The summed E-state index contributed by atoms with van der Waals surface area (Å²) >= 11 is 3.21. The van der Waals surface area contributed by atoms with Crippen LogP contribution in [0, 0.1) is 11.8 Å². The van der Waals surface area contributed by atoms with Crippen LogP contribution in [0.2, 0.25) is 0 Å². The first-order valence-corrected chi connectivity index (χ1v) is 13.1. The number of carbonyl (C=O) groups is 2. The second-order valence-corrected chi connectivity index (χ2v) is 10.5. The first-order valence-electron chi connectivity index (χ1n) is 11.1. The Bertz CT molecular complexity index is 1070. The Morgan fingerprint density at radius 1 is 1.38 bits per heavy atom. The Kier molecular flexibility index (Phi) is 6.67. The predicted octanol–water partition coefficient (Wildman–Crippen LogP) is 0.848. The number of β-lactam (4-membered cyclic amide) rings is 1. The van der Waals surface area contributed by atoms with Gasteiger partial charge in [-0.3, -0.25) is 4.79 Å². The molecule has 10 heteroatoms. The zero-order valence-corrected chi connectivity index (χ0v) is 20.2. The van der Waals surface area contributed by atoms with Crippen LogP contribution in [0.5, 0.6) is 0 Å². The third kappa shape index (κ3) is 3.67. The first kappa shape index (κ1) is 23.3. The lowest BCUT2D eigenvalue weighted by molar-refractivity contribution is -0.508. The van der Waals surface area contributed by atoms with Crippen LogP contribution in [0.15, 0.2) is 23.2 Å². The van der Waals surface area contributed by atoms with E-state index in [0.717, 1.165) is 53.5 Å². The number of aliphatic hydroxyl groups is 1. The number of thioether (sulfide) groups is 1. The number of aliphatic carboxylic acids is 1. The molecule has 3 N–H and O–H groups in total. The van der Waals surface area contributed by atoms with E-state index >= 15 is 0 Å². The van der Waals surface area contributed by atoms with Gasteiger partial charge in [0.15, 0.2) is 0 Å². The van der Waals surface area contributed by atoms with Crippen LogP contribution < -0.4 is 15.2 Å². The summed E-state index contributed by atoms with van der Waals surface area (Å²) in [6.07, 6.45) is 9.65. The molecule has 0 saturated carbocycles. The SMILES string of the molecule is CSc1c2sc(C3=C(C(=O)[O-])N4C(=O)[C@H]([C@@H](C)O)[C@H]4[C@H]3C)c[n+]2cn1CCCCCCN. The van der Waals surface area contributed by atoms with Crippen molar-refractivity contribution < 1.29 is 24.2 Å². The molecule has 1 saturated heterocycles. The molecular formula is C22H30N4O4S2. The number of carboxylic acid groups (broad SMARTS) is 1. The van der Waals surface area contributed by atoms with Crippen LogP contribution >= 0.6 is 23.1 Å². The highest BCUT2D eigenvalue weighted by Gasteiger charge is 2.59. The van der Waals surface area contributed by atoms with Crippen molar-refractivity contribution in [3.8, 4) is 0 Å². The number of carboxylic acids is 1. The number of hydrogen-bond donors (Lipinski definition) is 2. The van der Waals surface area contributed by atoms with Crippen molar-refractivity contribution in [1.29, 1.82) is 0 Å². The molecule has 0 radical (unpaired) electrons. The van der Waals surface area contributed by atoms with Crippen LogP contribution in [0.1, 0.15) is 44.4 Å². The number of unbranched alkanes of at least 4 members (excludes halogenated alkanes) is 3. The van der Waals surface area contributed by atoms with Crippen molar-refractivity contribution in [3.05, 3.63) is 23.1 Å². The molecule has 8 nitrogen and oxygen atoms in total. The van der Waals surface area contributed by atoms with Crippen molar-refractivity contribution in [2.75, 3.05) is 12.8 Å². The lowest BCUT2D eigenvalue weighted by Gasteiger charge is -2.47. The van der Waals surface area contributed by atoms with E-state index in [4.69, 9.17) is 5.73 Å². The van der Waals surface area contributed by atoms with Crippen molar-refractivity contribution in [1.82, 2.24) is 9.47 Å². The number of imidazole rings is 1. The number of carbonyl (C=O) groups excluding carboxylic acids is 2. The number of aromatic nitrogens is 2. The van der Waals surface area contributed by atoms with Gasteiger partial charge in [-0.05, 0) is 39.0 Å². The maximum absolute atomic E-state index is 12.6. The van der Waals surface area contributed by atoms with Crippen molar-refractivity contribution in [2.45, 2.75) is 63.2 Å². The standard InChI is InChI=1S/C22H30N4O4S2/c1-12-15(18(22(29)30)26-17(12)16(13(2)27)19(26)28)14-10-25-11-24(9-7-5-4-6-8-23)20(31-3)21(25)32-14/h10-13,16-17,27H,4-9,23H2,1-3H3/t12-,13+,16+,17+/m0/s1. The predicted molar refractivity (Wildman–Crippen MR) is 122 cm³/mol. The molecule has 0 aliphatic carbocycles. The van der Waals surface area contributed by atoms with E-state index in [-0.39, 0.29) is 23.6 Å². The number of thiazole rings is 1. The molecule has 0 bridgehead atoms. The highest BCUT2D eigenvalue weighted by molar-refractivity contribution is 7.98. The summed E-state index contributed by atoms with van der Waals surface area (Å²) in [6, 6.07) is -0.342. The van der Waals surface area contributed by atoms with Crippen LogP contribution in [0.3, 0.4) is 0 Å². The largest absolute Gasteiger partial charge is 0.543 e. The Morgan fingerprint density at radius 3 is 2.72 bits per heavy atom. The number of hydrogen-bond acceptors (Lipinski definition) is 7. The number of amides is 1. The summed E-state index contributed by atoms with van der Waals surface area (Å²) in [6.45, 7) is 5.17. The average molecular weight is 479 g/mol. The number of rotatable bonds is 10. The topological polar surface area (TPSA) is 116 Å². The van der Waals surface area contributed by atoms with Gasteiger partial charge in [0.25, 0.3) is 6.33 Å². The molecule has 4 rings (SSSR count). The highest BCUT2D eigenvalue weighted by atomic mass is 32.2. The lowest BCUT2D eigenvalue weighted by atomic mass is 9.77. The molecule has 1 fully saturated rings. The Morgan fingerprint density at radius 2 is 2.09 bits per heavy atom. The molecule has 1 amide bonds. The third-order valence-corrected chi connectivity index (χ3v) is 8.67. The number of nitrogens with two attached hydrogens (primary N) is 1. The fourth-order valence-electron chi connectivity index (χ4n) is 5.09. The fraction of sp³-hybridized carbons (Fsp3) is 0.591. The van der Waals surface area contributed by atoms with Gasteiger partial charge < -0.3 is 25.6 Å². The third-order valence-electron chi connectivity index (χ3n) is 6.58. The van der Waals surface area contributed by atoms with E-state index < -0.39 is 18.0 Å². The summed E-state index contributed by atoms with van der Waals surface area (Å²) in [4.78, 5) is 27.8. The zero-order valence-electron chi connectivity index (χ0n) is 18.6. The molecule has 32 heavy (non-hydrogen) atoms. The highest BCUT2D eigenvalue weighted by Crippen LogP contribution is 2.51. The maximum atomic E-state index is 12.6. The summed E-state index contributed by atoms with van der Waals surface area (Å²) in [5, 5.41) is 23.2. The minimum absolute atomic E-state index is 0.0487. The molecule has 174 valence electrons. The number of fused-ring (bicyclic) bond motifs is 2. The molecule has 4 atom stereocenters. The van der Waals surface area contributed by atoms with E-state index in [2.05, 4.69) is 10.9 Å². The normalized spacial score (nSPS) is 23.7. The van der Waals surface area contributed by atoms with Gasteiger partial charge in [0.05, 0.1) is 41.2 Å². The van der Waals surface area contributed by atoms with Crippen LogP contribution in [-0.2, 0) is 16.1 Å². The minimum atomic E-state index is -1.34. The van der Waals surface area contributed by atoms with E-state index in [1.807, 2.05) is 23.8 Å². The molecule has 2 aliphatic rings. The quantitative estimate of drug-likeness (QED) is 0.226. The molecule has 2 aromatic heterocycles. The van der Waals surface area contributed by atoms with Crippen molar-refractivity contribution in [3.63, 3.8) is 0 Å². The smallest absolute Gasteiger partial charge is 0.250 e. The van der Waals surface area contributed by atoms with Gasteiger partial charge in [0, 0.05) is 11.5 Å². The van der Waals surface area contributed by atoms with Crippen molar-refractivity contribution in [2.24, 2.45) is 17.6 Å². The molecule has 0 unspecified atom stereocenters. The first-order chi connectivity index (χ1) is 15.3. The average Bonchev–Trinajstić information content (AvgIpc) is 3.34. The molecule has 0 aromatic carbocycles. The molecular weight excluding hydrogens is 448 g/mol. The minimum Gasteiger partial charge on any atom is -0.543 e. The number of aliphatic hydroxyl groups excluding tert-OH is 1. The Hall–Kier alpha value is -1.88. The lowest BCUT2D eigenvalue weighted by Crippen LogP contribution is -2.64. The van der Waals surface area contributed by atoms with Crippen LogP contribution in [0.4, 0.5) is 0 Å². The molecule has 2 aliphatic heterocycles. The van der Waals surface area contributed by atoms with Gasteiger partial charge in [-0.15, -0.1) is 0 Å². The Labute approximate surface area is 195 Å². The molecule has 4 heterocycles. The number of nitrogens with zero attached hydrogens (tertiary/aromatic N) is 3. The summed E-state index contributed by atoms with van der Waals surface area (Å²) in [5.74, 6) is -2.46. The summed E-state index contributed by atoms with van der Waals surface area (Å²) in [5.41, 5.74) is 6.15. The van der Waals surface area contributed by atoms with Gasteiger partial charge in [-0.1, -0.05) is 36.4 Å². The van der Waals surface area contributed by atoms with Crippen molar-refractivity contribution >= 4 is 45.4 Å². The van der Waals surface area contributed by atoms with Gasteiger partial charge >= 0.3 is 0 Å². The maximum Gasteiger partial charge on any atom is 0.250 e. The second-order valence-electron chi connectivity index (χ2n) is 8.63. The second kappa shape index (κ2) is 9.17. The van der Waals surface area contributed by atoms with E-state index in [1.54, 1.807) is 18.7 Å². The van der Waals surface area contributed by atoms with E-state index in [1.165, 1.54) is 16.2 Å². The number of aryl methyl sites for hydroxylation is 1. The van der Waals surface area contributed by atoms with E-state index in [0.29, 0.717) is 5.57 Å². The monoisotopic (exact) mass is 478 g/mol. The van der Waals surface area contributed by atoms with Crippen LogP contribution in [-0.4, -0.2) is 51.4 Å². The van der Waals surface area contributed by atoms with Gasteiger partial charge in [-0.2, -0.15) is 4.40 Å². The zero-order chi connectivity index (χ0) is 23.2.